The summed E-state index contributed by atoms with van der Waals surface area (Å²) in [5, 5.41) is 33.4. The van der Waals surface area contributed by atoms with Crippen LogP contribution >= 0.6 is 0 Å². The number of aliphatic hydroxyl groups is 1. The van der Waals surface area contributed by atoms with Crippen LogP contribution in [-0.2, 0) is 19.2 Å². The van der Waals surface area contributed by atoms with E-state index >= 15 is 0 Å². The first-order valence-corrected chi connectivity index (χ1v) is 16.8. The average molecular weight is 710 g/mol. The maximum absolute atomic E-state index is 14.6. The molecule has 4 aliphatic rings. The predicted molar refractivity (Wildman–Crippen MR) is 187 cm³/mol. The monoisotopic (exact) mass is 709 g/mol. The van der Waals surface area contributed by atoms with Crippen molar-refractivity contribution in [3.05, 3.63) is 104 Å². The van der Waals surface area contributed by atoms with Crippen LogP contribution < -0.4 is 19.4 Å². The van der Waals surface area contributed by atoms with Crippen molar-refractivity contribution < 1.29 is 38.9 Å². The number of nitrogens with zero attached hydrogens (tertiary/aromatic N) is 5. The molecular formula is C37H35N5O10. The number of aliphatic hydroxyl groups excluding tert-OH is 1. The topological polar surface area (TPSA) is 194 Å². The fraction of sp³-hybridized carbons (Fsp3) is 0.351. The lowest BCUT2D eigenvalue weighted by molar-refractivity contribution is -0.392. The molecule has 2 aliphatic carbocycles. The van der Waals surface area contributed by atoms with Gasteiger partial charge in [0.2, 0.25) is 23.6 Å². The summed E-state index contributed by atoms with van der Waals surface area (Å²) in [5.41, 5.74) is -1.29. The van der Waals surface area contributed by atoms with Gasteiger partial charge in [-0.05, 0) is 55.5 Å². The summed E-state index contributed by atoms with van der Waals surface area (Å²) in [7, 11) is 2.83. The van der Waals surface area contributed by atoms with E-state index < -0.39 is 79.9 Å². The number of hydrogen-bond acceptors (Lipinski definition) is 11. The molecule has 1 saturated carbocycles. The van der Waals surface area contributed by atoms with Crippen molar-refractivity contribution in [3.63, 3.8) is 0 Å². The van der Waals surface area contributed by atoms with Gasteiger partial charge in [0.1, 0.15) is 12.4 Å². The Hall–Kier alpha value is -5.96. The van der Waals surface area contributed by atoms with Gasteiger partial charge in [-0.15, -0.1) is 0 Å². The highest BCUT2D eigenvalue weighted by Gasteiger charge is 2.67. The summed E-state index contributed by atoms with van der Waals surface area (Å²) < 4.78 is 5.56. The van der Waals surface area contributed by atoms with Crippen molar-refractivity contribution >= 4 is 52.1 Å². The van der Waals surface area contributed by atoms with Crippen LogP contribution in [0.2, 0.25) is 0 Å². The number of hydrogen-bond donors (Lipinski definition) is 1. The van der Waals surface area contributed by atoms with Crippen molar-refractivity contribution in [1.29, 1.82) is 0 Å². The van der Waals surface area contributed by atoms with Gasteiger partial charge in [0.25, 0.3) is 0 Å². The molecule has 6 unspecified atom stereocenters. The number of para-hydroxylation sites is 1. The van der Waals surface area contributed by atoms with Crippen molar-refractivity contribution in [1.82, 2.24) is 0 Å². The number of fused-ring (bicyclic) bond motifs is 4. The second-order valence-corrected chi connectivity index (χ2v) is 13.9. The van der Waals surface area contributed by atoms with Gasteiger partial charge in [-0.1, -0.05) is 42.0 Å². The molecule has 7 rings (SSSR count). The normalized spacial score (nSPS) is 26.5. The van der Waals surface area contributed by atoms with Crippen molar-refractivity contribution in [2.24, 2.45) is 29.1 Å². The molecule has 2 saturated heterocycles. The first-order chi connectivity index (χ1) is 24.8. The number of benzene rings is 3. The number of ether oxygens (including phenoxy) is 1. The molecule has 3 aromatic carbocycles. The second kappa shape index (κ2) is 12.7. The molecule has 3 fully saturated rings. The molecule has 15 nitrogen and oxygen atoms in total. The summed E-state index contributed by atoms with van der Waals surface area (Å²) >= 11 is 0. The van der Waals surface area contributed by atoms with Gasteiger partial charge in [0.05, 0.1) is 51.0 Å². The van der Waals surface area contributed by atoms with Crippen LogP contribution in [0.15, 0.2) is 78.4 Å². The Bertz CT molecular complexity index is 2030. The third-order valence-electron chi connectivity index (χ3n) is 11.0. The van der Waals surface area contributed by atoms with E-state index in [2.05, 4.69) is 0 Å². The molecule has 1 N–H and O–H groups in total. The van der Waals surface area contributed by atoms with Gasteiger partial charge < -0.3 is 14.7 Å². The number of carbonyl (C=O) groups excluding carboxylic acids is 4. The Kier molecular flexibility index (Phi) is 8.40. The minimum absolute atomic E-state index is 0.0781. The number of nitro benzene ring substituents is 2. The number of imide groups is 2. The van der Waals surface area contributed by atoms with Crippen molar-refractivity contribution in [2.45, 2.75) is 25.7 Å². The minimum atomic E-state index is -1.27. The van der Waals surface area contributed by atoms with Gasteiger partial charge in [-0.2, -0.15) is 0 Å². The van der Waals surface area contributed by atoms with E-state index in [1.807, 2.05) is 6.08 Å². The van der Waals surface area contributed by atoms with E-state index in [-0.39, 0.29) is 37.4 Å². The maximum Gasteiger partial charge on any atom is 0.301 e. The Morgan fingerprint density at radius 2 is 1.50 bits per heavy atom. The van der Waals surface area contributed by atoms with Gasteiger partial charge in [-0.3, -0.25) is 39.4 Å². The lowest BCUT2D eigenvalue weighted by Gasteiger charge is -2.49. The van der Waals surface area contributed by atoms with Gasteiger partial charge >= 0.3 is 11.4 Å². The molecule has 0 spiro atoms. The van der Waals surface area contributed by atoms with Crippen LogP contribution in [0.3, 0.4) is 0 Å². The summed E-state index contributed by atoms with van der Waals surface area (Å²) in [5.74, 6) is -5.80. The Labute approximate surface area is 297 Å². The van der Waals surface area contributed by atoms with Gasteiger partial charge in [0, 0.05) is 32.1 Å². The van der Waals surface area contributed by atoms with Crippen LogP contribution in [0, 0.1) is 49.3 Å². The van der Waals surface area contributed by atoms with E-state index in [0.717, 1.165) is 22.6 Å². The lowest BCUT2D eigenvalue weighted by atomic mass is 9.51. The molecule has 268 valence electrons. The number of nitro groups is 2. The number of carbonyl (C=O) groups is 4. The number of allylic oxidation sites excluding steroid dienone is 2. The van der Waals surface area contributed by atoms with Crippen LogP contribution in [0.1, 0.15) is 31.2 Å². The molecule has 3 aromatic rings. The van der Waals surface area contributed by atoms with E-state index in [0.29, 0.717) is 17.0 Å². The van der Waals surface area contributed by atoms with Crippen molar-refractivity contribution in [2.75, 3.05) is 42.0 Å². The molecule has 0 bridgehead atoms. The highest BCUT2D eigenvalue weighted by Crippen LogP contribution is 2.64. The maximum atomic E-state index is 14.6. The molecule has 6 atom stereocenters. The number of rotatable bonds is 9. The molecule has 4 amide bonds. The average Bonchev–Trinajstić information content (AvgIpc) is 3.49. The van der Waals surface area contributed by atoms with E-state index in [9.17, 15) is 44.5 Å². The number of amides is 4. The van der Waals surface area contributed by atoms with Crippen LogP contribution in [0.5, 0.6) is 5.75 Å². The largest absolute Gasteiger partial charge is 0.491 e. The zero-order chi connectivity index (χ0) is 37.2. The summed E-state index contributed by atoms with van der Waals surface area (Å²) in [6, 6.07) is 17.6. The van der Waals surface area contributed by atoms with E-state index in [1.165, 1.54) is 23.9 Å². The number of anilines is 3. The van der Waals surface area contributed by atoms with Crippen LogP contribution in [0.25, 0.3) is 0 Å². The van der Waals surface area contributed by atoms with Crippen LogP contribution in [0.4, 0.5) is 28.4 Å². The summed E-state index contributed by atoms with van der Waals surface area (Å²) in [6.45, 7) is 1.66. The third kappa shape index (κ3) is 5.05. The Morgan fingerprint density at radius 1 is 0.865 bits per heavy atom. The van der Waals surface area contributed by atoms with E-state index in [1.54, 1.807) is 61.5 Å². The standard InChI is InChI=1S/C37H35N5O10/c1-37-27(34(45)40(36(37)47)21-7-5-4-6-8-21)19-26-24(31(37)20-9-11-23(12-10-20)52-16-15-43)13-14-25-30(26)35(46)39(33(25)44)22-17-28(41(48)49)32(38(2)3)29(18-22)42(50)51/h4-13,17-18,25-27,30-31,43H,14-16,19H2,1-3H3. The summed E-state index contributed by atoms with van der Waals surface area (Å²) in [6.07, 6.45) is 2.06. The first kappa shape index (κ1) is 34.5. The quantitative estimate of drug-likeness (QED) is 0.143. The zero-order valence-corrected chi connectivity index (χ0v) is 28.5. The van der Waals surface area contributed by atoms with Gasteiger partial charge in [-0.25, -0.2) is 9.80 Å². The molecular weight excluding hydrogens is 674 g/mol. The van der Waals surface area contributed by atoms with Crippen LogP contribution in [-0.4, -0.2) is 65.9 Å². The smallest absolute Gasteiger partial charge is 0.301 e. The SMILES string of the molecule is CN(C)c1c([N+](=O)[O-])cc(N2C(=O)C3CC=C4C(CC5C(=O)N(c6ccccc6)C(=O)C5(C)C4c4ccc(OCCO)cc4)C3C2=O)cc1[N+](=O)[O-]. The summed E-state index contributed by atoms with van der Waals surface area (Å²) in [4.78, 5) is 83.4. The molecule has 0 aromatic heterocycles. The molecule has 15 heteroatoms. The van der Waals surface area contributed by atoms with E-state index in [4.69, 9.17) is 4.74 Å². The molecule has 0 radical (unpaired) electrons. The Morgan fingerprint density at radius 3 is 2.08 bits per heavy atom. The highest BCUT2D eigenvalue weighted by atomic mass is 16.6. The lowest BCUT2D eigenvalue weighted by Crippen LogP contribution is -2.48. The highest BCUT2D eigenvalue weighted by molar-refractivity contribution is 6.25. The Balaban J connectivity index is 1.34. The molecule has 2 heterocycles. The fourth-order valence-electron chi connectivity index (χ4n) is 8.85. The molecule has 2 aliphatic heterocycles. The fourth-order valence-corrected chi connectivity index (χ4v) is 8.85. The third-order valence-corrected chi connectivity index (χ3v) is 11.0. The van der Waals surface area contributed by atoms with Gasteiger partial charge in [0.15, 0.2) is 5.69 Å². The minimum Gasteiger partial charge on any atom is -0.491 e. The predicted octanol–water partition coefficient (Wildman–Crippen LogP) is 4.38. The zero-order valence-electron chi connectivity index (χ0n) is 28.5. The van der Waals surface area contributed by atoms with Crippen molar-refractivity contribution in [3.8, 4) is 5.75 Å². The first-order valence-electron chi connectivity index (χ1n) is 16.8. The molecule has 52 heavy (non-hydrogen) atoms. The second-order valence-electron chi connectivity index (χ2n) is 13.9.